The van der Waals surface area contributed by atoms with Gasteiger partial charge < -0.3 is 5.32 Å². The van der Waals surface area contributed by atoms with E-state index >= 15 is 0 Å². The lowest BCUT2D eigenvalue weighted by Gasteiger charge is -2.21. The van der Waals surface area contributed by atoms with Crippen molar-refractivity contribution in [2.75, 3.05) is 5.32 Å². The van der Waals surface area contributed by atoms with Crippen molar-refractivity contribution in [3.63, 3.8) is 0 Å². The standard InChI is InChI=1S/C10H11NOS/c1-6-3-4-9-8(5-6)11-10(12)7(2)13-9/h3-5,7H,1-2H3,(H,11,12)/t7-/m1/s1. The van der Waals surface area contributed by atoms with Crippen LogP contribution in [0.2, 0.25) is 0 Å². The van der Waals surface area contributed by atoms with Gasteiger partial charge in [0, 0.05) is 4.90 Å². The van der Waals surface area contributed by atoms with Crippen molar-refractivity contribution in [3.8, 4) is 0 Å². The molecule has 1 N–H and O–H groups in total. The molecule has 2 rings (SSSR count). The molecule has 68 valence electrons. The zero-order valence-electron chi connectivity index (χ0n) is 7.63. The Morgan fingerprint density at radius 1 is 1.46 bits per heavy atom. The smallest absolute Gasteiger partial charge is 0.237 e. The molecule has 3 heteroatoms. The van der Waals surface area contributed by atoms with Crippen LogP contribution in [0.1, 0.15) is 12.5 Å². The number of carbonyl (C=O) groups excluding carboxylic acids is 1. The molecule has 0 bridgehead atoms. The summed E-state index contributed by atoms with van der Waals surface area (Å²) < 4.78 is 0. The molecule has 0 radical (unpaired) electrons. The number of hydrogen-bond donors (Lipinski definition) is 1. The number of fused-ring (bicyclic) bond motifs is 1. The van der Waals surface area contributed by atoms with E-state index < -0.39 is 0 Å². The van der Waals surface area contributed by atoms with Gasteiger partial charge in [0.05, 0.1) is 10.9 Å². The lowest BCUT2D eigenvalue weighted by Crippen LogP contribution is -2.26. The van der Waals surface area contributed by atoms with Gasteiger partial charge in [-0.25, -0.2) is 0 Å². The molecular formula is C10H11NOS. The first kappa shape index (κ1) is 8.63. The summed E-state index contributed by atoms with van der Waals surface area (Å²) in [5, 5.41) is 2.91. The fraction of sp³-hybridized carbons (Fsp3) is 0.300. The van der Waals surface area contributed by atoms with Crippen molar-refractivity contribution in [2.45, 2.75) is 24.0 Å². The number of nitrogens with one attached hydrogen (secondary N) is 1. The van der Waals surface area contributed by atoms with Crippen molar-refractivity contribution in [3.05, 3.63) is 23.8 Å². The van der Waals surface area contributed by atoms with Gasteiger partial charge in [-0.05, 0) is 31.5 Å². The number of aryl methyl sites for hydroxylation is 1. The Bertz CT molecular complexity index is 362. The van der Waals surface area contributed by atoms with E-state index in [4.69, 9.17) is 0 Å². The molecule has 1 aliphatic heterocycles. The second-order valence-corrected chi connectivity index (χ2v) is 4.63. The number of hydrogen-bond acceptors (Lipinski definition) is 2. The first-order chi connectivity index (χ1) is 6.16. The van der Waals surface area contributed by atoms with Crippen LogP contribution >= 0.6 is 11.8 Å². The largest absolute Gasteiger partial charge is 0.324 e. The van der Waals surface area contributed by atoms with E-state index in [0.29, 0.717) is 0 Å². The van der Waals surface area contributed by atoms with Gasteiger partial charge in [-0.2, -0.15) is 0 Å². The minimum atomic E-state index is 0.0233. The molecule has 0 unspecified atom stereocenters. The molecule has 1 aromatic rings. The molecule has 1 amide bonds. The minimum Gasteiger partial charge on any atom is -0.324 e. The van der Waals surface area contributed by atoms with Gasteiger partial charge in [-0.15, -0.1) is 11.8 Å². The number of carbonyl (C=O) groups is 1. The van der Waals surface area contributed by atoms with Crippen LogP contribution in [0.4, 0.5) is 5.69 Å². The predicted octanol–water partition coefficient (Wildman–Crippen LogP) is 2.43. The lowest BCUT2D eigenvalue weighted by molar-refractivity contribution is -0.115. The lowest BCUT2D eigenvalue weighted by atomic mass is 10.2. The summed E-state index contributed by atoms with van der Waals surface area (Å²) in [5.74, 6) is 0.100. The maximum absolute atomic E-state index is 11.3. The van der Waals surface area contributed by atoms with E-state index in [0.717, 1.165) is 10.6 Å². The van der Waals surface area contributed by atoms with Gasteiger partial charge in [-0.1, -0.05) is 6.07 Å². The normalized spacial score (nSPS) is 20.8. The Hall–Kier alpha value is -0.960. The van der Waals surface area contributed by atoms with Crippen molar-refractivity contribution in [1.82, 2.24) is 0 Å². The molecule has 0 saturated heterocycles. The van der Waals surface area contributed by atoms with Crippen molar-refractivity contribution < 1.29 is 4.79 Å². The van der Waals surface area contributed by atoms with Crippen LogP contribution in [-0.4, -0.2) is 11.2 Å². The van der Waals surface area contributed by atoms with Crippen LogP contribution in [0.3, 0.4) is 0 Å². The van der Waals surface area contributed by atoms with Crippen LogP contribution in [0.5, 0.6) is 0 Å². The molecule has 0 spiro atoms. The average molecular weight is 193 g/mol. The fourth-order valence-corrected chi connectivity index (χ4v) is 2.25. The summed E-state index contributed by atoms with van der Waals surface area (Å²) in [6.07, 6.45) is 0. The first-order valence-electron chi connectivity index (χ1n) is 4.25. The second kappa shape index (κ2) is 3.07. The molecule has 2 nitrogen and oxygen atoms in total. The molecule has 0 saturated carbocycles. The van der Waals surface area contributed by atoms with Gasteiger partial charge in [-0.3, -0.25) is 4.79 Å². The number of benzene rings is 1. The second-order valence-electron chi connectivity index (χ2n) is 3.25. The predicted molar refractivity (Wildman–Crippen MR) is 55.1 cm³/mol. The Balaban J connectivity index is 2.42. The topological polar surface area (TPSA) is 29.1 Å². The molecule has 1 aromatic carbocycles. The van der Waals surface area contributed by atoms with Gasteiger partial charge >= 0.3 is 0 Å². The fourth-order valence-electron chi connectivity index (χ4n) is 1.32. The van der Waals surface area contributed by atoms with Crippen molar-refractivity contribution in [1.29, 1.82) is 0 Å². The van der Waals surface area contributed by atoms with Crippen LogP contribution < -0.4 is 5.32 Å². The summed E-state index contributed by atoms with van der Waals surface area (Å²) in [4.78, 5) is 12.5. The van der Waals surface area contributed by atoms with E-state index in [1.165, 1.54) is 5.56 Å². The molecule has 1 heterocycles. The molecule has 0 fully saturated rings. The summed E-state index contributed by atoms with van der Waals surface area (Å²) in [5.41, 5.74) is 2.13. The highest BCUT2D eigenvalue weighted by Crippen LogP contribution is 2.35. The van der Waals surface area contributed by atoms with E-state index in [9.17, 15) is 4.79 Å². The quantitative estimate of drug-likeness (QED) is 0.685. The Kier molecular flexibility index (Phi) is 2.04. The Morgan fingerprint density at radius 2 is 2.23 bits per heavy atom. The number of amides is 1. The number of rotatable bonds is 0. The Morgan fingerprint density at radius 3 is 3.00 bits per heavy atom. The van der Waals surface area contributed by atoms with Gasteiger partial charge in [0.15, 0.2) is 0 Å². The van der Waals surface area contributed by atoms with E-state index in [1.54, 1.807) is 11.8 Å². The third-order valence-electron chi connectivity index (χ3n) is 2.07. The van der Waals surface area contributed by atoms with Crippen LogP contribution in [0, 0.1) is 6.92 Å². The van der Waals surface area contributed by atoms with Crippen LogP contribution in [-0.2, 0) is 4.79 Å². The highest BCUT2D eigenvalue weighted by molar-refractivity contribution is 8.00. The molecular weight excluding hydrogens is 182 g/mol. The third-order valence-corrected chi connectivity index (χ3v) is 3.24. The number of anilines is 1. The first-order valence-corrected chi connectivity index (χ1v) is 5.13. The number of thioether (sulfide) groups is 1. The zero-order chi connectivity index (χ0) is 9.42. The van der Waals surface area contributed by atoms with Crippen molar-refractivity contribution >= 4 is 23.4 Å². The van der Waals surface area contributed by atoms with Crippen LogP contribution in [0.15, 0.2) is 23.1 Å². The van der Waals surface area contributed by atoms with E-state index in [2.05, 4.69) is 17.4 Å². The Labute approximate surface area is 81.7 Å². The van der Waals surface area contributed by atoms with Gasteiger partial charge in [0.25, 0.3) is 0 Å². The SMILES string of the molecule is Cc1ccc2c(c1)NC(=O)[C@@H](C)S2. The molecule has 1 aliphatic rings. The molecule has 13 heavy (non-hydrogen) atoms. The summed E-state index contributed by atoms with van der Waals surface area (Å²) >= 11 is 1.62. The van der Waals surface area contributed by atoms with E-state index in [-0.39, 0.29) is 11.2 Å². The maximum atomic E-state index is 11.3. The summed E-state index contributed by atoms with van der Waals surface area (Å²) in [6, 6.07) is 6.13. The van der Waals surface area contributed by atoms with E-state index in [1.807, 2.05) is 19.9 Å². The third kappa shape index (κ3) is 1.56. The summed E-state index contributed by atoms with van der Waals surface area (Å²) in [6.45, 7) is 3.94. The van der Waals surface area contributed by atoms with Gasteiger partial charge in [0.2, 0.25) is 5.91 Å². The van der Waals surface area contributed by atoms with Gasteiger partial charge in [0.1, 0.15) is 0 Å². The zero-order valence-corrected chi connectivity index (χ0v) is 8.44. The van der Waals surface area contributed by atoms with Crippen molar-refractivity contribution in [2.24, 2.45) is 0 Å². The highest BCUT2D eigenvalue weighted by atomic mass is 32.2. The minimum absolute atomic E-state index is 0.0233. The maximum Gasteiger partial charge on any atom is 0.237 e. The monoisotopic (exact) mass is 193 g/mol. The molecule has 0 aromatic heterocycles. The van der Waals surface area contributed by atoms with Crippen LogP contribution in [0.25, 0.3) is 0 Å². The average Bonchev–Trinajstić information content (AvgIpc) is 2.08. The summed E-state index contributed by atoms with van der Waals surface area (Å²) in [7, 11) is 0. The molecule has 1 atom stereocenters. The highest BCUT2D eigenvalue weighted by Gasteiger charge is 2.22. The molecule has 0 aliphatic carbocycles.